The molecule has 0 bridgehead atoms. The molecular formula is C10H21BrO2S. The van der Waals surface area contributed by atoms with Gasteiger partial charge in [0.1, 0.15) is 9.84 Å². The zero-order chi connectivity index (χ0) is 11.2. The van der Waals surface area contributed by atoms with E-state index in [-0.39, 0.29) is 5.75 Å². The Morgan fingerprint density at radius 3 is 2.29 bits per heavy atom. The van der Waals surface area contributed by atoms with E-state index in [4.69, 9.17) is 0 Å². The number of sulfone groups is 1. The van der Waals surface area contributed by atoms with Crippen molar-refractivity contribution in [3.05, 3.63) is 0 Å². The second-order valence-electron chi connectivity index (χ2n) is 3.78. The van der Waals surface area contributed by atoms with Crippen LogP contribution < -0.4 is 0 Å². The topological polar surface area (TPSA) is 34.1 Å². The Bertz CT molecular complexity index is 237. The third kappa shape index (κ3) is 6.02. The van der Waals surface area contributed by atoms with Crippen LogP contribution in [0.5, 0.6) is 0 Å². The monoisotopic (exact) mass is 284 g/mol. The van der Waals surface area contributed by atoms with Gasteiger partial charge in [0.25, 0.3) is 0 Å². The molecule has 0 aliphatic rings. The summed E-state index contributed by atoms with van der Waals surface area (Å²) in [6.07, 6.45) is 2.88. The van der Waals surface area contributed by atoms with Gasteiger partial charge in [0.15, 0.2) is 0 Å². The fraction of sp³-hybridized carbons (Fsp3) is 1.00. The highest BCUT2D eigenvalue weighted by Crippen LogP contribution is 2.20. The molecule has 0 spiro atoms. The predicted octanol–water partition coefficient (Wildman–Crippen LogP) is 3.01. The first kappa shape index (κ1) is 14.4. The molecular weight excluding hydrogens is 264 g/mol. The molecule has 0 saturated heterocycles. The molecule has 0 rings (SSSR count). The molecule has 0 aromatic heterocycles. The number of halogens is 1. The molecule has 0 amide bonds. The molecule has 0 heterocycles. The molecule has 0 aromatic carbocycles. The third-order valence-electron chi connectivity index (χ3n) is 2.56. The van der Waals surface area contributed by atoms with E-state index in [2.05, 4.69) is 29.8 Å². The summed E-state index contributed by atoms with van der Waals surface area (Å²) in [4.78, 5) is 0.520. The number of alkyl halides is 1. The van der Waals surface area contributed by atoms with Crippen molar-refractivity contribution < 1.29 is 8.42 Å². The summed E-state index contributed by atoms with van der Waals surface area (Å²) in [7, 11) is -2.76. The molecule has 0 aliphatic heterocycles. The fourth-order valence-corrected chi connectivity index (χ4v) is 2.51. The van der Waals surface area contributed by atoms with Crippen LogP contribution in [0.15, 0.2) is 0 Å². The summed E-state index contributed by atoms with van der Waals surface area (Å²) in [5.41, 5.74) is 0. The predicted molar refractivity (Wildman–Crippen MR) is 65.7 cm³/mol. The SMILES string of the molecule is CCC(Br)C(C)CCCS(=O)(=O)CC. The second-order valence-corrected chi connectivity index (χ2v) is 7.43. The highest BCUT2D eigenvalue weighted by molar-refractivity contribution is 9.09. The Hall–Kier alpha value is 0.430. The maximum atomic E-state index is 11.2. The lowest BCUT2D eigenvalue weighted by atomic mass is 10.0. The van der Waals surface area contributed by atoms with E-state index >= 15 is 0 Å². The normalized spacial score (nSPS) is 16.6. The first-order valence-electron chi connectivity index (χ1n) is 5.27. The van der Waals surface area contributed by atoms with Crippen molar-refractivity contribution in [2.45, 2.75) is 44.9 Å². The first-order valence-corrected chi connectivity index (χ1v) is 8.01. The van der Waals surface area contributed by atoms with Crippen LogP contribution in [0.4, 0.5) is 0 Å². The van der Waals surface area contributed by atoms with Gasteiger partial charge in [0.05, 0.1) is 5.75 Å². The van der Waals surface area contributed by atoms with Crippen LogP contribution in [-0.4, -0.2) is 24.8 Å². The molecule has 86 valence electrons. The van der Waals surface area contributed by atoms with Crippen LogP contribution in [-0.2, 0) is 9.84 Å². The summed E-state index contributed by atoms with van der Waals surface area (Å²) in [6, 6.07) is 0. The molecule has 0 saturated carbocycles. The van der Waals surface area contributed by atoms with Crippen LogP contribution in [0.25, 0.3) is 0 Å². The number of hydrogen-bond acceptors (Lipinski definition) is 2. The minimum atomic E-state index is -2.76. The highest BCUT2D eigenvalue weighted by Gasteiger charge is 2.13. The molecule has 4 heteroatoms. The van der Waals surface area contributed by atoms with Gasteiger partial charge in [-0.2, -0.15) is 0 Å². The molecule has 2 nitrogen and oxygen atoms in total. The van der Waals surface area contributed by atoms with Gasteiger partial charge in [-0.3, -0.25) is 0 Å². The van der Waals surface area contributed by atoms with E-state index in [0.717, 1.165) is 19.3 Å². The summed E-state index contributed by atoms with van der Waals surface area (Å²) in [5.74, 6) is 1.18. The zero-order valence-electron chi connectivity index (χ0n) is 9.29. The standard InChI is InChI=1S/C10H21BrO2S/c1-4-10(11)9(3)7-6-8-14(12,13)5-2/h9-10H,4-8H2,1-3H3. The highest BCUT2D eigenvalue weighted by atomic mass is 79.9. The minimum absolute atomic E-state index is 0.271. The quantitative estimate of drug-likeness (QED) is 0.674. The van der Waals surface area contributed by atoms with Crippen molar-refractivity contribution in [1.29, 1.82) is 0 Å². The van der Waals surface area contributed by atoms with E-state index < -0.39 is 9.84 Å². The van der Waals surface area contributed by atoms with Gasteiger partial charge in [-0.1, -0.05) is 36.7 Å². The van der Waals surface area contributed by atoms with Gasteiger partial charge in [-0.05, 0) is 25.2 Å². The Morgan fingerprint density at radius 2 is 1.86 bits per heavy atom. The average Bonchev–Trinajstić information content (AvgIpc) is 2.16. The van der Waals surface area contributed by atoms with Gasteiger partial charge < -0.3 is 0 Å². The van der Waals surface area contributed by atoms with Gasteiger partial charge in [0, 0.05) is 10.6 Å². The summed E-state index contributed by atoms with van der Waals surface area (Å²) >= 11 is 3.59. The molecule has 0 fully saturated rings. The molecule has 2 unspecified atom stereocenters. The fourth-order valence-electron chi connectivity index (χ4n) is 1.35. The van der Waals surface area contributed by atoms with E-state index in [1.807, 2.05) is 0 Å². The average molecular weight is 285 g/mol. The van der Waals surface area contributed by atoms with Crippen molar-refractivity contribution in [3.63, 3.8) is 0 Å². The summed E-state index contributed by atoms with van der Waals surface area (Å²) in [6.45, 7) is 6.01. The number of hydrogen-bond donors (Lipinski definition) is 0. The molecule has 2 atom stereocenters. The van der Waals surface area contributed by atoms with Gasteiger partial charge in [-0.15, -0.1) is 0 Å². The van der Waals surface area contributed by atoms with Crippen molar-refractivity contribution in [2.75, 3.05) is 11.5 Å². The Kier molecular flexibility index (Phi) is 7.04. The maximum Gasteiger partial charge on any atom is 0.150 e. The molecule has 14 heavy (non-hydrogen) atoms. The van der Waals surface area contributed by atoms with Crippen molar-refractivity contribution in [1.82, 2.24) is 0 Å². The first-order chi connectivity index (χ1) is 6.43. The van der Waals surface area contributed by atoms with Crippen LogP contribution in [0.1, 0.15) is 40.0 Å². The second kappa shape index (κ2) is 6.83. The molecule has 0 N–H and O–H groups in total. The van der Waals surface area contributed by atoms with Gasteiger partial charge in [0.2, 0.25) is 0 Å². The van der Waals surface area contributed by atoms with Crippen molar-refractivity contribution in [2.24, 2.45) is 5.92 Å². The summed E-state index contributed by atoms with van der Waals surface area (Å²) < 4.78 is 22.4. The smallest absolute Gasteiger partial charge is 0.150 e. The Balaban J connectivity index is 3.75. The van der Waals surface area contributed by atoms with Crippen LogP contribution in [0.3, 0.4) is 0 Å². The van der Waals surface area contributed by atoms with Crippen molar-refractivity contribution >= 4 is 25.8 Å². The Morgan fingerprint density at radius 1 is 1.29 bits per heavy atom. The zero-order valence-corrected chi connectivity index (χ0v) is 11.7. The van der Waals surface area contributed by atoms with E-state index in [1.165, 1.54) is 0 Å². The minimum Gasteiger partial charge on any atom is -0.229 e. The Labute approximate surface area is 96.5 Å². The van der Waals surface area contributed by atoms with E-state index in [0.29, 0.717) is 16.5 Å². The third-order valence-corrected chi connectivity index (χ3v) is 5.90. The maximum absolute atomic E-state index is 11.2. The molecule has 0 radical (unpaired) electrons. The van der Waals surface area contributed by atoms with E-state index in [9.17, 15) is 8.42 Å². The molecule has 0 aliphatic carbocycles. The van der Waals surface area contributed by atoms with Gasteiger partial charge >= 0.3 is 0 Å². The van der Waals surface area contributed by atoms with Gasteiger partial charge in [-0.25, -0.2) is 8.42 Å². The molecule has 0 aromatic rings. The lowest BCUT2D eigenvalue weighted by molar-refractivity contribution is 0.497. The number of rotatable bonds is 7. The largest absolute Gasteiger partial charge is 0.229 e. The van der Waals surface area contributed by atoms with Crippen LogP contribution in [0.2, 0.25) is 0 Å². The summed E-state index contributed by atoms with van der Waals surface area (Å²) in [5, 5.41) is 0. The lowest BCUT2D eigenvalue weighted by Crippen LogP contribution is -2.13. The van der Waals surface area contributed by atoms with Crippen LogP contribution >= 0.6 is 15.9 Å². The van der Waals surface area contributed by atoms with Crippen LogP contribution in [0, 0.1) is 5.92 Å². The van der Waals surface area contributed by atoms with E-state index in [1.54, 1.807) is 6.92 Å². The lowest BCUT2D eigenvalue weighted by Gasteiger charge is -2.16. The van der Waals surface area contributed by atoms with Crippen molar-refractivity contribution in [3.8, 4) is 0 Å².